The maximum Gasteiger partial charge on any atom is 0.407 e. The molecule has 1 aromatic heterocycles. The molecular weight excluding hydrogens is 566 g/mol. The fourth-order valence-electron chi connectivity index (χ4n) is 4.19. The summed E-state index contributed by atoms with van der Waals surface area (Å²) in [7, 11) is -3.88. The molecule has 10 nitrogen and oxygen atoms in total. The molecule has 218 valence electrons. The third-order valence-electron chi connectivity index (χ3n) is 6.02. The van der Waals surface area contributed by atoms with Gasteiger partial charge in [0, 0.05) is 12.1 Å². The summed E-state index contributed by atoms with van der Waals surface area (Å²) in [6, 6.07) is 15.9. The van der Waals surface area contributed by atoms with E-state index in [2.05, 4.69) is 10.6 Å². The van der Waals surface area contributed by atoms with Crippen LogP contribution in [0.1, 0.15) is 59.7 Å². The van der Waals surface area contributed by atoms with E-state index < -0.39 is 39.6 Å². The van der Waals surface area contributed by atoms with E-state index in [1.807, 2.05) is 18.2 Å². The van der Waals surface area contributed by atoms with E-state index in [1.54, 1.807) is 39.8 Å². The second-order valence-electron chi connectivity index (χ2n) is 10.6. The number of alkyl carbamates (subject to hydrolysis) is 1. The van der Waals surface area contributed by atoms with Crippen LogP contribution in [0.25, 0.3) is 0 Å². The summed E-state index contributed by atoms with van der Waals surface area (Å²) in [4.78, 5) is 37.6. The molecule has 0 saturated carbocycles. The summed E-state index contributed by atoms with van der Waals surface area (Å²) in [6.45, 7) is 7.21. The maximum atomic E-state index is 13.5. The Labute approximate surface area is 243 Å². The number of anilines is 2. The molecule has 0 aliphatic carbocycles. The first-order valence-electron chi connectivity index (χ1n) is 13.1. The number of carbonyl (C=O) groups excluding carboxylic acids is 3. The highest BCUT2D eigenvalue weighted by Gasteiger charge is 2.29. The Bertz CT molecular complexity index is 1540. The summed E-state index contributed by atoms with van der Waals surface area (Å²) >= 11 is 1.02. The van der Waals surface area contributed by atoms with Crippen LogP contribution in [0.3, 0.4) is 0 Å². The largest absolute Gasteiger partial charge is 0.459 e. The lowest BCUT2D eigenvalue weighted by Crippen LogP contribution is -2.40. The van der Waals surface area contributed by atoms with Crippen LogP contribution in [0.15, 0.2) is 65.6 Å². The zero-order valence-corrected chi connectivity index (χ0v) is 24.9. The van der Waals surface area contributed by atoms with Crippen LogP contribution >= 0.6 is 11.3 Å². The van der Waals surface area contributed by atoms with Gasteiger partial charge in [-0.1, -0.05) is 24.3 Å². The number of carbonyl (C=O) groups is 3. The van der Waals surface area contributed by atoms with Gasteiger partial charge in [-0.3, -0.25) is 9.10 Å². The number of hydrogen-bond donors (Lipinski definition) is 2. The number of esters is 1. The number of ether oxygens (including phenoxy) is 2. The fraction of sp³-hybridized carbons (Fsp3) is 0.345. The third kappa shape index (κ3) is 7.65. The molecule has 0 bridgehead atoms. The number of amides is 2. The number of fused-ring (bicyclic) bond motifs is 1. The number of benzene rings is 2. The number of aryl methyl sites for hydroxylation is 1. The highest BCUT2D eigenvalue weighted by Crippen LogP contribution is 2.32. The molecule has 2 heterocycles. The lowest BCUT2D eigenvalue weighted by atomic mass is 10.0. The number of sulfonamides is 1. The molecule has 0 fully saturated rings. The molecule has 0 saturated heterocycles. The Morgan fingerprint density at radius 3 is 2.56 bits per heavy atom. The first kappa shape index (κ1) is 30.1. The second kappa shape index (κ2) is 12.3. The summed E-state index contributed by atoms with van der Waals surface area (Å²) in [5.74, 6) is -1.12. The molecular formula is C29H33N3O7S2. The smallest absolute Gasteiger partial charge is 0.407 e. The molecule has 12 heteroatoms. The number of rotatable bonds is 8. The summed E-state index contributed by atoms with van der Waals surface area (Å²) in [6.07, 6.45) is 0.904. The topological polar surface area (TPSA) is 131 Å². The van der Waals surface area contributed by atoms with Crippen LogP contribution in [0.5, 0.6) is 0 Å². The molecule has 1 atom stereocenters. The molecule has 1 aliphatic rings. The van der Waals surface area contributed by atoms with E-state index >= 15 is 0 Å². The van der Waals surface area contributed by atoms with Crippen molar-refractivity contribution in [3.05, 3.63) is 76.7 Å². The Kier molecular flexibility index (Phi) is 9.03. The molecule has 0 radical (unpaired) electrons. The van der Waals surface area contributed by atoms with Gasteiger partial charge in [-0.25, -0.2) is 18.0 Å². The predicted octanol–water partition coefficient (Wildman–Crippen LogP) is 5.21. The first-order chi connectivity index (χ1) is 19.3. The van der Waals surface area contributed by atoms with Crippen molar-refractivity contribution < 1.29 is 32.3 Å². The average molecular weight is 600 g/mol. The van der Waals surface area contributed by atoms with Gasteiger partial charge in [-0.05, 0) is 82.5 Å². The normalized spacial score (nSPS) is 14.0. The standard InChI is InChI=1S/C29H33N3O7S2/c1-19(30-28(35)39-29(2,3)4)18-38-27(34)24-14-15-25(40-24)31-26(33)21-10-7-12-22(17-21)41(36,37)32-16-8-11-20-9-5-6-13-23(20)32/h5-7,9-10,12-15,17,19H,8,11,16,18H2,1-4H3,(H,30,35)(H,31,33)/t19-/m0/s1. The van der Waals surface area contributed by atoms with Crippen LogP contribution in [0.2, 0.25) is 0 Å². The quantitative estimate of drug-likeness (QED) is 0.340. The van der Waals surface area contributed by atoms with Gasteiger partial charge >= 0.3 is 12.1 Å². The minimum atomic E-state index is -3.88. The van der Waals surface area contributed by atoms with Crippen LogP contribution in [0.4, 0.5) is 15.5 Å². The van der Waals surface area contributed by atoms with Gasteiger partial charge in [0.1, 0.15) is 17.1 Å². The summed E-state index contributed by atoms with van der Waals surface area (Å²) in [5, 5.41) is 5.69. The van der Waals surface area contributed by atoms with Crippen LogP contribution < -0.4 is 14.9 Å². The minimum absolute atomic E-state index is 0.0198. The number of nitrogens with one attached hydrogen (secondary N) is 2. The van der Waals surface area contributed by atoms with Crippen molar-refractivity contribution in [1.29, 1.82) is 0 Å². The van der Waals surface area contributed by atoms with E-state index in [-0.39, 0.29) is 21.9 Å². The van der Waals surface area contributed by atoms with Gasteiger partial charge < -0.3 is 20.1 Å². The molecule has 0 unspecified atom stereocenters. The number of thiophene rings is 1. The highest BCUT2D eigenvalue weighted by atomic mass is 32.2. The average Bonchev–Trinajstić information content (AvgIpc) is 3.39. The minimum Gasteiger partial charge on any atom is -0.459 e. The van der Waals surface area contributed by atoms with Crippen molar-refractivity contribution in [1.82, 2.24) is 5.32 Å². The van der Waals surface area contributed by atoms with Gasteiger partial charge in [0.05, 0.1) is 21.6 Å². The van der Waals surface area contributed by atoms with Crippen molar-refractivity contribution in [3.63, 3.8) is 0 Å². The van der Waals surface area contributed by atoms with E-state index in [4.69, 9.17) is 9.47 Å². The summed E-state index contributed by atoms with van der Waals surface area (Å²) < 4.78 is 38.9. The summed E-state index contributed by atoms with van der Waals surface area (Å²) in [5.41, 5.74) is 1.14. The molecule has 41 heavy (non-hydrogen) atoms. The lowest BCUT2D eigenvalue weighted by Gasteiger charge is -2.30. The fourth-order valence-corrected chi connectivity index (χ4v) is 6.58. The zero-order chi connectivity index (χ0) is 29.8. The monoisotopic (exact) mass is 599 g/mol. The molecule has 2 aromatic carbocycles. The molecule has 2 N–H and O–H groups in total. The Hall–Kier alpha value is -3.90. The lowest BCUT2D eigenvalue weighted by molar-refractivity contribution is 0.0384. The second-order valence-corrected chi connectivity index (χ2v) is 13.5. The van der Waals surface area contributed by atoms with Crippen molar-refractivity contribution in [3.8, 4) is 0 Å². The Balaban J connectivity index is 1.37. The highest BCUT2D eigenvalue weighted by molar-refractivity contribution is 7.92. The molecule has 4 rings (SSSR count). The SMILES string of the molecule is C[C@@H](COC(=O)c1ccc(NC(=O)c2cccc(S(=O)(=O)N3CCCc4ccccc43)c2)s1)NC(=O)OC(C)(C)C. The van der Waals surface area contributed by atoms with Gasteiger partial charge in [0.25, 0.3) is 15.9 Å². The Morgan fingerprint density at radius 2 is 1.80 bits per heavy atom. The van der Waals surface area contributed by atoms with Crippen molar-refractivity contribution in [2.45, 2.75) is 57.1 Å². The Morgan fingerprint density at radius 1 is 1.05 bits per heavy atom. The number of nitrogens with zero attached hydrogens (tertiary/aromatic N) is 1. The van der Waals surface area contributed by atoms with E-state index in [9.17, 15) is 22.8 Å². The molecule has 2 amide bonds. The van der Waals surface area contributed by atoms with Crippen molar-refractivity contribution in [2.24, 2.45) is 0 Å². The first-order valence-corrected chi connectivity index (χ1v) is 15.4. The van der Waals surface area contributed by atoms with Crippen molar-refractivity contribution >= 4 is 50.0 Å². The number of hydrogen-bond acceptors (Lipinski definition) is 8. The van der Waals surface area contributed by atoms with Crippen LogP contribution in [0, 0.1) is 0 Å². The van der Waals surface area contributed by atoms with Gasteiger partial charge in [0.15, 0.2) is 0 Å². The molecule has 3 aromatic rings. The molecule has 1 aliphatic heterocycles. The predicted molar refractivity (Wildman–Crippen MR) is 157 cm³/mol. The van der Waals surface area contributed by atoms with E-state index in [0.717, 1.165) is 23.3 Å². The van der Waals surface area contributed by atoms with Crippen LogP contribution in [-0.4, -0.2) is 51.2 Å². The van der Waals surface area contributed by atoms with E-state index in [0.29, 0.717) is 23.7 Å². The van der Waals surface area contributed by atoms with Crippen molar-refractivity contribution in [2.75, 3.05) is 22.8 Å². The van der Waals surface area contributed by atoms with Gasteiger partial charge in [0.2, 0.25) is 0 Å². The molecule has 0 spiro atoms. The number of para-hydroxylation sites is 1. The zero-order valence-electron chi connectivity index (χ0n) is 23.3. The van der Waals surface area contributed by atoms with Gasteiger partial charge in [-0.2, -0.15) is 0 Å². The van der Waals surface area contributed by atoms with Crippen LogP contribution in [-0.2, 0) is 25.9 Å². The van der Waals surface area contributed by atoms with Gasteiger partial charge in [-0.15, -0.1) is 11.3 Å². The maximum absolute atomic E-state index is 13.5. The van der Waals surface area contributed by atoms with E-state index in [1.165, 1.54) is 34.6 Å². The third-order valence-corrected chi connectivity index (χ3v) is 8.81.